The van der Waals surface area contributed by atoms with E-state index in [2.05, 4.69) is 0 Å². The first kappa shape index (κ1) is 11.3. The second-order valence-electron chi connectivity index (χ2n) is 4.68. The Morgan fingerprint density at radius 1 is 1.38 bits per heavy atom. The molecule has 1 saturated carbocycles. The summed E-state index contributed by atoms with van der Waals surface area (Å²) in [4.78, 5) is 11.9. The van der Waals surface area contributed by atoms with Gasteiger partial charge >= 0.3 is 0 Å². The lowest BCUT2D eigenvalue weighted by molar-refractivity contribution is 0.0952. The highest BCUT2D eigenvalue weighted by atomic mass is 19.1. The standard InChI is InChI=1S/C13H16FNO/c14-11-5-3-4-10(8-11)12(16)9-13(15)6-1-2-7-13/h3-5,8H,1-2,6-7,9,15H2. The molecule has 0 aliphatic heterocycles. The molecule has 1 fully saturated rings. The third-order valence-corrected chi connectivity index (χ3v) is 3.26. The molecule has 0 aromatic heterocycles. The third kappa shape index (κ3) is 2.47. The molecule has 0 saturated heterocycles. The normalized spacial score (nSPS) is 18.6. The predicted octanol–water partition coefficient (Wildman–Crippen LogP) is 2.67. The Kier molecular flexibility index (Phi) is 3.06. The number of Topliss-reactive ketones (excluding diaryl/α,β-unsaturated/α-hetero) is 1. The number of rotatable bonds is 3. The lowest BCUT2D eigenvalue weighted by Gasteiger charge is -2.22. The third-order valence-electron chi connectivity index (χ3n) is 3.26. The molecule has 0 heterocycles. The molecular formula is C13H16FNO. The maximum absolute atomic E-state index is 13.0. The summed E-state index contributed by atoms with van der Waals surface area (Å²) < 4.78 is 13.0. The van der Waals surface area contributed by atoms with Gasteiger partial charge in [-0.15, -0.1) is 0 Å². The number of benzene rings is 1. The van der Waals surface area contributed by atoms with E-state index < -0.39 is 0 Å². The highest BCUT2D eigenvalue weighted by molar-refractivity contribution is 5.96. The van der Waals surface area contributed by atoms with E-state index in [1.54, 1.807) is 12.1 Å². The summed E-state index contributed by atoms with van der Waals surface area (Å²) in [6.07, 6.45) is 4.30. The largest absolute Gasteiger partial charge is 0.325 e. The fourth-order valence-corrected chi connectivity index (χ4v) is 2.34. The molecule has 16 heavy (non-hydrogen) atoms. The molecule has 1 aliphatic carbocycles. The Morgan fingerprint density at radius 3 is 2.69 bits per heavy atom. The number of halogens is 1. The minimum absolute atomic E-state index is 0.0519. The maximum atomic E-state index is 13.0. The molecule has 86 valence electrons. The van der Waals surface area contributed by atoms with E-state index in [4.69, 9.17) is 5.73 Å². The summed E-state index contributed by atoms with van der Waals surface area (Å²) in [5.74, 6) is -0.424. The zero-order valence-corrected chi connectivity index (χ0v) is 9.21. The van der Waals surface area contributed by atoms with Gasteiger partial charge in [-0.3, -0.25) is 4.79 Å². The second-order valence-corrected chi connectivity index (χ2v) is 4.68. The van der Waals surface area contributed by atoms with Crippen molar-refractivity contribution in [2.45, 2.75) is 37.6 Å². The Labute approximate surface area is 94.6 Å². The molecule has 0 bridgehead atoms. The monoisotopic (exact) mass is 221 g/mol. The number of hydrogen-bond acceptors (Lipinski definition) is 2. The second kappa shape index (κ2) is 4.34. The van der Waals surface area contributed by atoms with Crippen LogP contribution in [0.3, 0.4) is 0 Å². The molecule has 1 aromatic carbocycles. The van der Waals surface area contributed by atoms with Crippen molar-refractivity contribution in [1.82, 2.24) is 0 Å². The van der Waals surface area contributed by atoms with Crippen molar-refractivity contribution in [2.75, 3.05) is 0 Å². The van der Waals surface area contributed by atoms with Crippen LogP contribution in [-0.2, 0) is 0 Å². The highest BCUT2D eigenvalue weighted by Gasteiger charge is 2.31. The first-order valence-corrected chi connectivity index (χ1v) is 5.67. The van der Waals surface area contributed by atoms with Gasteiger partial charge in [0.05, 0.1) is 0 Å². The average Bonchev–Trinajstić information content (AvgIpc) is 2.65. The van der Waals surface area contributed by atoms with Crippen molar-refractivity contribution in [2.24, 2.45) is 5.73 Å². The fraction of sp³-hybridized carbons (Fsp3) is 0.462. The number of nitrogens with two attached hydrogens (primary N) is 1. The van der Waals surface area contributed by atoms with E-state index in [1.807, 2.05) is 0 Å². The van der Waals surface area contributed by atoms with Crippen molar-refractivity contribution in [1.29, 1.82) is 0 Å². The van der Waals surface area contributed by atoms with E-state index in [9.17, 15) is 9.18 Å². The average molecular weight is 221 g/mol. The van der Waals surface area contributed by atoms with Crippen LogP contribution in [0.4, 0.5) is 4.39 Å². The quantitative estimate of drug-likeness (QED) is 0.797. The van der Waals surface area contributed by atoms with Crippen LogP contribution in [0.2, 0.25) is 0 Å². The number of ketones is 1. The van der Waals surface area contributed by atoms with Crippen molar-refractivity contribution in [3.63, 3.8) is 0 Å². The van der Waals surface area contributed by atoms with E-state index in [0.717, 1.165) is 25.7 Å². The van der Waals surface area contributed by atoms with E-state index in [0.29, 0.717) is 12.0 Å². The van der Waals surface area contributed by atoms with Crippen LogP contribution >= 0.6 is 0 Å². The minimum Gasteiger partial charge on any atom is -0.325 e. The number of carbonyl (C=O) groups is 1. The molecule has 2 rings (SSSR count). The lowest BCUT2D eigenvalue weighted by atomic mass is 9.90. The summed E-state index contributed by atoms with van der Waals surface area (Å²) in [6.45, 7) is 0. The smallest absolute Gasteiger partial charge is 0.164 e. The molecule has 0 atom stereocenters. The van der Waals surface area contributed by atoms with Crippen molar-refractivity contribution < 1.29 is 9.18 Å². The van der Waals surface area contributed by atoms with Crippen molar-refractivity contribution >= 4 is 5.78 Å². The molecule has 2 N–H and O–H groups in total. The Hall–Kier alpha value is -1.22. The molecule has 0 spiro atoms. The minimum atomic E-state index is -0.372. The van der Waals surface area contributed by atoms with E-state index >= 15 is 0 Å². The predicted molar refractivity (Wildman–Crippen MR) is 60.7 cm³/mol. The van der Waals surface area contributed by atoms with Crippen LogP contribution in [0.25, 0.3) is 0 Å². The highest BCUT2D eigenvalue weighted by Crippen LogP contribution is 2.31. The van der Waals surface area contributed by atoms with Gasteiger partial charge in [0.25, 0.3) is 0 Å². The first-order chi connectivity index (χ1) is 7.59. The van der Waals surface area contributed by atoms with Crippen LogP contribution < -0.4 is 5.73 Å². The Morgan fingerprint density at radius 2 is 2.06 bits per heavy atom. The van der Waals surface area contributed by atoms with Gasteiger partial charge in [0, 0.05) is 17.5 Å². The van der Waals surface area contributed by atoms with Crippen molar-refractivity contribution in [3.8, 4) is 0 Å². The fourth-order valence-electron chi connectivity index (χ4n) is 2.34. The summed E-state index contributed by atoms with van der Waals surface area (Å²) in [5.41, 5.74) is 6.19. The molecule has 0 radical (unpaired) electrons. The van der Waals surface area contributed by atoms with Crippen LogP contribution in [0, 0.1) is 5.82 Å². The van der Waals surface area contributed by atoms with Gasteiger partial charge in [-0.05, 0) is 25.0 Å². The molecule has 0 amide bonds. The first-order valence-electron chi connectivity index (χ1n) is 5.67. The van der Waals surface area contributed by atoms with Crippen LogP contribution in [0.5, 0.6) is 0 Å². The Bertz CT molecular complexity index is 397. The summed E-state index contributed by atoms with van der Waals surface area (Å²) >= 11 is 0. The zero-order valence-electron chi connectivity index (χ0n) is 9.21. The summed E-state index contributed by atoms with van der Waals surface area (Å²) in [6, 6.07) is 5.81. The van der Waals surface area contributed by atoms with Gasteiger partial charge < -0.3 is 5.73 Å². The van der Waals surface area contributed by atoms with Crippen LogP contribution in [0.1, 0.15) is 42.5 Å². The maximum Gasteiger partial charge on any atom is 0.164 e. The molecule has 2 nitrogen and oxygen atoms in total. The molecular weight excluding hydrogens is 205 g/mol. The zero-order chi connectivity index (χ0) is 11.6. The van der Waals surface area contributed by atoms with Gasteiger partial charge in [0.15, 0.2) is 5.78 Å². The summed E-state index contributed by atoms with van der Waals surface area (Å²) in [7, 11) is 0. The Balaban J connectivity index is 2.08. The SMILES string of the molecule is NC1(CC(=O)c2cccc(F)c2)CCCC1. The summed E-state index contributed by atoms with van der Waals surface area (Å²) in [5, 5.41) is 0. The molecule has 1 aliphatic rings. The van der Waals surface area contributed by atoms with E-state index in [-0.39, 0.29) is 17.1 Å². The van der Waals surface area contributed by atoms with Crippen LogP contribution in [-0.4, -0.2) is 11.3 Å². The van der Waals surface area contributed by atoms with Gasteiger partial charge in [0.2, 0.25) is 0 Å². The molecule has 1 aromatic rings. The van der Waals surface area contributed by atoms with Crippen LogP contribution in [0.15, 0.2) is 24.3 Å². The van der Waals surface area contributed by atoms with E-state index in [1.165, 1.54) is 12.1 Å². The van der Waals surface area contributed by atoms with Gasteiger partial charge in [-0.25, -0.2) is 4.39 Å². The van der Waals surface area contributed by atoms with Gasteiger partial charge in [-0.2, -0.15) is 0 Å². The lowest BCUT2D eigenvalue weighted by Crippen LogP contribution is -2.38. The molecule has 0 unspecified atom stereocenters. The van der Waals surface area contributed by atoms with Crippen molar-refractivity contribution in [3.05, 3.63) is 35.6 Å². The number of hydrogen-bond donors (Lipinski definition) is 1. The molecule has 3 heteroatoms. The van der Waals surface area contributed by atoms with Gasteiger partial charge in [0.1, 0.15) is 5.82 Å². The van der Waals surface area contributed by atoms with Gasteiger partial charge in [-0.1, -0.05) is 25.0 Å². The number of carbonyl (C=O) groups excluding carboxylic acids is 1. The topological polar surface area (TPSA) is 43.1 Å².